The highest BCUT2D eigenvalue weighted by atomic mass is 16.6. The van der Waals surface area contributed by atoms with Gasteiger partial charge in [-0.1, -0.05) is 6.07 Å². The number of aliphatic hydroxyl groups is 1. The first-order valence-electron chi connectivity index (χ1n) is 6.02. The van der Waals surface area contributed by atoms with E-state index in [9.17, 15) is 20.0 Å². The standard InChI is InChI=1S/C13H18N2O5/c1-8(16)13(2,3)14-12(17)11-9(15(18)19)6-5-7-10(11)20-4/h5-8,16H,1-4H3,(H,14,17). The number of hydrogen-bond donors (Lipinski definition) is 2. The summed E-state index contributed by atoms with van der Waals surface area (Å²) < 4.78 is 5.00. The SMILES string of the molecule is COc1cccc([N+](=O)[O-])c1C(=O)NC(C)(C)C(C)O. The minimum Gasteiger partial charge on any atom is -0.496 e. The number of nitrogens with zero attached hydrogens (tertiary/aromatic N) is 1. The lowest BCUT2D eigenvalue weighted by Crippen LogP contribution is -2.51. The van der Waals surface area contributed by atoms with Crippen molar-refractivity contribution in [2.75, 3.05) is 7.11 Å². The number of methoxy groups -OCH3 is 1. The van der Waals surface area contributed by atoms with Gasteiger partial charge in [-0.3, -0.25) is 14.9 Å². The molecule has 0 aliphatic carbocycles. The van der Waals surface area contributed by atoms with Crippen LogP contribution in [0.25, 0.3) is 0 Å². The number of aliphatic hydroxyl groups excluding tert-OH is 1. The van der Waals surface area contributed by atoms with Crippen LogP contribution in [0, 0.1) is 10.1 Å². The lowest BCUT2D eigenvalue weighted by molar-refractivity contribution is -0.385. The van der Waals surface area contributed by atoms with Crippen LogP contribution in [0.1, 0.15) is 31.1 Å². The van der Waals surface area contributed by atoms with Crippen LogP contribution in [0.2, 0.25) is 0 Å². The topological polar surface area (TPSA) is 102 Å². The van der Waals surface area contributed by atoms with Gasteiger partial charge >= 0.3 is 0 Å². The second-order valence-corrected chi connectivity index (χ2v) is 4.96. The molecular weight excluding hydrogens is 264 g/mol. The van der Waals surface area contributed by atoms with Crippen LogP contribution < -0.4 is 10.1 Å². The summed E-state index contributed by atoms with van der Waals surface area (Å²) in [4.78, 5) is 22.6. The monoisotopic (exact) mass is 282 g/mol. The molecule has 7 nitrogen and oxygen atoms in total. The summed E-state index contributed by atoms with van der Waals surface area (Å²) in [6.07, 6.45) is -0.819. The zero-order valence-corrected chi connectivity index (χ0v) is 11.8. The molecule has 0 bridgehead atoms. The van der Waals surface area contributed by atoms with Gasteiger partial charge in [0.15, 0.2) is 5.56 Å². The maximum Gasteiger partial charge on any atom is 0.285 e. The highest BCUT2D eigenvalue weighted by Gasteiger charge is 2.31. The fraction of sp³-hybridized carbons (Fsp3) is 0.462. The normalized spacial score (nSPS) is 12.7. The Morgan fingerprint density at radius 3 is 2.55 bits per heavy atom. The maximum atomic E-state index is 12.3. The quantitative estimate of drug-likeness (QED) is 0.629. The first kappa shape index (κ1) is 15.9. The Kier molecular flexibility index (Phi) is 4.67. The molecule has 0 fully saturated rings. The largest absolute Gasteiger partial charge is 0.496 e. The van der Waals surface area contributed by atoms with Crippen LogP contribution in [-0.4, -0.2) is 34.7 Å². The van der Waals surface area contributed by atoms with Gasteiger partial charge in [-0.2, -0.15) is 0 Å². The van der Waals surface area contributed by atoms with E-state index >= 15 is 0 Å². The average Bonchev–Trinajstić information content (AvgIpc) is 2.36. The van der Waals surface area contributed by atoms with Crippen molar-refractivity contribution in [3.05, 3.63) is 33.9 Å². The van der Waals surface area contributed by atoms with Gasteiger partial charge in [-0.25, -0.2) is 0 Å². The Morgan fingerprint density at radius 1 is 1.50 bits per heavy atom. The van der Waals surface area contributed by atoms with Gasteiger partial charge < -0.3 is 15.2 Å². The van der Waals surface area contributed by atoms with Crippen molar-refractivity contribution in [3.63, 3.8) is 0 Å². The molecule has 0 aliphatic rings. The van der Waals surface area contributed by atoms with Crippen molar-refractivity contribution in [1.29, 1.82) is 0 Å². The smallest absolute Gasteiger partial charge is 0.285 e. The summed E-state index contributed by atoms with van der Waals surface area (Å²) in [7, 11) is 1.33. The van der Waals surface area contributed by atoms with Crippen LogP contribution in [0.4, 0.5) is 5.69 Å². The Labute approximate surface area is 116 Å². The third-order valence-corrected chi connectivity index (χ3v) is 3.13. The molecule has 0 spiro atoms. The summed E-state index contributed by atoms with van der Waals surface area (Å²) in [5.74, 6) is -0.557. The van der Waals surface area contributed by atoms with E-state index in [2.05, 4.69) is 5.32 Å². The van der Waals surface area contributed by atoms with Gasteiger partial charge in [0, 0.05) is 6.07 Å². The predicted octanol–water partition coefficient (Wildman–Crippen LogP) is 1.49. The van der Waals surface area contributed by atoms with Crippen molar-refractivity contribution in [3.8, 4) is 5.75 Å². The van der Waals surface area contributed by atoms with Crippen LogP contribution in [0.5, 0.6) is 5.75 Å². The number of carbonyl (C=O) groups is 1. The molecule has 0 radical (unpaired) electrons. The molecule has 0 saturated carbocycles. The van der Waals surface area contributed by atoms with Crippen LogP contribution in [0.3, 0.4) is 0 Å². The van der Waals surface area contributed by atoms with Crippen LogP contribution in [0.15, 0.2) is 18.2 Å². The second kappa shape index (κ2) is 5.87. The zero-order chi connectivity index (χ0) is 15.5. The van der Waals surface area contributed by atoms with E-state index in [4.69, 9.17) is 4.74 Å². The van der Waals surface area contributed by atoms with Gasteiger partial charge in [0.2, 0.25) is 0 Å². The summed E-state index contributed by atoms with van der Waals surface area (Å²) in [6.45, 7) is 4.77. The fourth-order valence-corrected chi connectivity index (χ4v) is 1.53. The van der Waals surface area contributed by atoms with Gasteiger partial charge in [0.05, 0.1) is 23.7 Å². The van der Waals surface area contributed by atoms with Gasteiger partial charge in [-0.15, -0.1) is 0 Å². The minimum atomic E-state index is -0.925. The first-order valence-corrected chi connectivity index (χ1v) is 6.02. The molecule has 0 aromatic heterocycles. The van der Waals surface area contributed by atoms with Gasteiger partial charge in [0.1, 0.15) is 5.75 Å². The van der Waals surface area contributed by atoms with Crippen LogP contribution in [-0.2, 0) is 0 Å². The molecule has 0 aliphatic heterocycles. The second-order valence-electron chi connectivity index (χ2n) is 4.96. The van der Waals surface area contributed by atoms with E-state index in [1.807, 2.05) is 0 Å². The molecule has 1 aromatic rings. The molecule has 0 saturated heterocycles. The Bertz CT molecular complexity index is 525. The number of amides is 1. The number of nitro benzene ring substituents is 1. The molecule has 1 amide bonds. The Balaban J connectivity index is 3.24. The van der Waals surface area contributed by atoms with Crippen molar-refractivity contribution in [2.45, 2.75) is 32.4 Å². The number of nitro groups is 1. The number of carbonyl (C=O) groups excluding carboxylic acids is 1. The first-order chi connectivity index (χ1) is 9.20. The molecular formula is C13H18N2O5. The van der Waals surface area contributed by atoms with Crippen molar-refractivity contribution in [1.82, 2.24) is 5.32 Å². The van der Waals surface area contributed by atoms with E-state index in [1.54, 1.807) is 13.8 Å². The van der Waals surface area contributed by atoms with Crippen molar-refractivity contribution < 1.29 is 19.6 Å². The van der Waals surface area contributed by atoms with Crippen molar-refractivity contribution >= 4 is 11.6 Å². The molecule has 1 atom stereocenters. The number of ether oxygens (including phenoxy) is 1. The molecule has 2 N–H and O–H groups in total. The molecule has 7 heteroatoms. The highest BCUT2D eigenvalue weighted by Crippen LogP contribution is 2.28. The maximum absolute atomic E-state index is 12.3. The summed E-state index contributed by atoms with van der Waals surface area (Å²) >= 11 is 0. The molecule has 1 rings (SSSR count). The van der Waals surface area contributed by atoms with Crippen molar-refractivity contribution in [2.24, 2.45) is 0 Å². The molecule has 20 heavy (non-hydrogen) atoms. The predicted molar refractivity (Wildman–Crippen MR) is 72.9 cm³/mol. The van der Waals surface area contributed by atoms with Gasteiger partial charge in [0.25, 0.3) is 11.6 Å². The summed E-state index contributed by atoms with van der Waals surface area (Å²) in [5, 5.41) is 23.2. The summed E-state index contributed by atoms with van der Waals surface area (Å²) in [6, 6.07) is 4.14. The van der Waals surface area contributed by atoms with Crippen LogP contribution >= 0.6 is 0 Å². The molecule has 1 unspecified atom stereocenters. The van der Waals surface area contributed by atoms with E-state index in [1.165, 1.54) is 32.2 Å². The third kappa shape index (κ3) is 3.24. The average molecular weight is 282 g/mol. The minimum absolute atomic E-state index is 0.109. The number of benzene rings is 1. The summed E-state index contributed by atoms with van der Waals surface area (Å²) in [5.41, 5.74) is -1.43. The molecule has 110 valence electrons. The zero-order valence-electron chi connectivity index (χ0n) is 11.8. The Morgan fingerprint density at radius 2 is 2.10 bits per heavy atom. The number of nitrogens with one attached hydrogen (secondary N) is 1. The van der Waals surface area contributed by atoms with E-state index in [-0.39, 0.29) is 17.0 Å². The van der Waals surface area contributed by atoms with Gasteiger partial charge in [-0.05, 0) is 26.8 Å². The van der Waals surface area contributed by atoms with E-state index in [0.717, 1.165) is 0 Å². The highest BCUT2D eigenvalue weighted by molar-refractivity contribution is 6.01. The number of rotatable bonds is 5. The molecule has 0 heterocycles. The third-order valence-electron chi connectivity index (χ3n) is 3.13. The fourth-order valence-electron chi connectivity index (χ4n) is 1.53. The number of hydrogen-bond acceptors (Lipinski definition) is 5. The Hall–Kier alpha value is -2.15. The van der Waals surface area contributed by atoms with E-state index in [0.29, 0.717) is 0 Å². The lowest BCUT2D eigenvalue weighted by Gasteiger charge is -2.29. The lowest BCUT2D eigenvalue weighted by atomic mass is 9.98. The molecule has 1 aromatic carbocycles. The van der Waals surface area contributed by atoms with E-state index < -0.39 is 22.5 Å².